The lowest BCUT2D eigenvalue weighted by Crippen LogP contribution is -2.48. The molecule has 0 bridgehead atoms. The van der Waals surface area contributed by atoms with Gasteiger partial charge in [0.25, 0.3) is 0 Å². The number of unbranched alkanes of at least 4 members (excludes halogenated alkanes) is 1. The summed E-state index contributed by atoms with van der Waals surface area (Å²) in [7, 11) is 0. The van der Waals surface area contributed by atoms with Gasteiger partial charge in [-0.05, 0) is 53.8 Å². The maximum absolute atomic E-state index is 2.53. The second-order valence-electron chi connectivity index (χ2n) is 9.67. The summed E-state index contributed by atoms with van der Waals surface area (Å²) in [5.41, 5.74) is 0.843. The minimum atomic E-state index is 0.375. The molecule has 0 saturated carbocycles. The Labute approximate surface area is 142 Å². The summed E-state index contributed by atoms with van der Waals surface area (Å²) in [6.07, 6.45) is 8.23. The number of hydrogen-bond acceptors (Lipinski definition) is 0. The quantitative estimate of drug-likeness (QED) is 0.384. The van der Waals surface area contributed by atoms with Crippen molar-refractivity contribution in [1.82, 2.24) is 0 Å². The Bertz CT molecular complexity index is 281. The van der Waals surface area contributed by atoms with Gasteiger partial charge < -0.3 is 0 Å². The highest BCUT2D eigenvalue weighted by Gasteiger charge is 2.50. The van der Waals surface area contributed by atoms with E-state index in [1.807, 2.05) is 0 Å². The van der Waals surface area contributed by atoms with Crippen molar-refractivity contribution >= 4 is 0 Å². The summed E-state index contributed by atoms with van der Waals surface area (Å²) in [6.45, 7) is 24.5. The highest BCUT2D eigenvalue weighted by molar-refractivity contribution is 4.99. The van der Waals surface area contributed by atoms with Gasteiger partial charge >= 0.3 is 0 Å². The lowest BCUT2D eigenvalue weighted by Gasteiger charge is -2.56. The van der Waals surface area contributed by atoms with Crippen LogP contribution in [0.25, 0.3) is 0 Å². The summed E-state index contributed by atoms with van der Waals surface area (Å²) < 4.78 is 0. The van der Waals surface area contributed by atoms with E-state index in [0.29, 0.717) is 10.8 Å². The Morgan fingerprint density at radius 3 is 1.68 bits per heavy atom. The van der Waals surface area contributed by atoms with Crippen molar-refractivity contribution in [2.24, 2.45) is 34.5 Å². The van der Waals surface area contributed by atoms with Gasteiger partial charge in [-0.3, -0.25) is 0 Å². The van der Waals surface area contributed by atoms with Crippen LogP contribution in [0.2, 0.25) is 0 Å². The van der Waals surface area contributed by atoms with Crippen LogP contribution in [0.3, 0.4) is 0 Å². The first-order valence-electron chi connectivity index (χ1n) is 10.0. The Balaban J connectivity index is 5.89. The summed E-state index contributed by atoms with van der Waals surface area (Å²) in [6, 6.07) is 0. The van der Waals surface area contributed by atoms with Gasteiger partial charge in [0.15, 0.2) is 0 Å². The fourth-order valence-electron chi connectivity index (χ4n) is 5.07. The lowest BCUT2D eigenvalue weighted by molar-refractivity contribution is -0.0702. The molecule has 0 nitrogen and oxygen atoms in total. The third-order valence-corrected chi connectivity index (χ3v) is 6.02. The predicted molar refractivity (Wildman–Crippen MR) is 103 cm³/mol. The molecule has 22 heavy (non-hydrogen) atoms. The van der Waals surface area contributed by atoms with Crippen LogP contribution >= 0.6 is 0 Å². The maximum Gasteiger partial charge on any atom is -0.0192 e. The molecule has 0 saturated heterocycles. The summed E-state index contributed by atoms with van der Waals surface area (Å²) in [5.74, 6) is 3.25. The van der Waals surface area contributed by atoms with Gasteiger partial charge in [0.1, 0.15) is 0 Å². The van der Waals surface area contributed by atoms with E-state index < -0.39 is 0 Å². The molecule has 0 aromatic heterocycles. The molecule has 0 aliphatic rings. The molecule has 0 aromatic carbocycles. The van der Waals surface area contributed by atoms with E-state index in [0.717, 1.165) is 23.7 Å². The number of rotatable bonds is 10. The molecule has 0 heterocycles. The van der Waals surface area contributed by atoms with Crippen molar-refractivity contribution in [1.29, 1.82) is 0 Å². The average Bonchev–Trinajstić information content (AvgIpc) is 2.37. The zero-order chi connectivity index (χ0) is 17.6. The third kappa shape index (κ3) is 5.57. The van der Waals surface area contributed by atoms with Crippen LogP contribution in [0.1, 0.15) is 108 Å². The molecule has 134 valence electrons. The van der Waals surface area contributed by atoms with Crippen molar-refractivity contribution < 1.29 is 0 Å². The van der Waals surface area contributed by atoms with Crippen molar-refractivity contribution in [2.45, 2.75) is 108 Å². The molecule has 0 aliphatic heterocycles. The third-order valence-electron chi connectivity index (χ3n) is 6.02. The Morgan fingerprint density at radius 2 is 1.36 bits per heavy atom. The van der Waals surface area contributed by atoms with E-state index in [4.69, 9.17) is 0 Å². The highest BCUT2D eigenvalue weighted by Crippen LogP contribution is 2.58. The van der Waals surface area contributed by atoms with Crippen molar-refractivity contribution in [2.75, 3.05) is 0 Å². The number of hydrogen-bond donors (Lipinski definition) is 0. The second-order valence-corrected chi connectivity index (χ2v) is 9.67. The SMILES string of the molecule is CCCCC(CC(C)C)C(CC(C)C)(C(C)CC)C(C)(C)C. The molecular weight excluding hydrogens is 264 g/mol. The van der Waals surface area contributed by atoms with Gasteiger partial charge in [0.2, 0.25) is 0 Å². The molecule has 0 rings (SSSR count). The minimum Gasteiger partial charge on any atom is -0.0654 e. The van der Waals surface area contributed by atoms with E-state index in [1.54, 1.807) is 0 Å². The summed E-state index contributed by atoms with van der Waals surface area (Å²) in [4.78, 5) is 0. The Hall–Kier alpha value is 0. The van der Waals surface area contributed by atoms with E-state index in [-0.39, 0.29) is 0 Å². The molecule has 0 spiro atoms. The van der Waals surface area contributed by atoms with Crippen molar-refractivity contribution in [3.8, 4) is 0 Å². The van der Waals surface area contributed by atoms with Gasteiger partial charge in [-0.15, -0.1) is 0 Å². The first kappa shape index (κ1) is 22.0. The molecule has 0 aliphatic carbocycles. The van der Waals surface area contributed by atoms with Crippen LogP contribution in [0.15, 0.2) is 0 Å². The fourth-order valence-corrected chi connectivity index (χ4v) is 5.07. The van der Waals surface area contributed by atoms with Gasteiger partial charge in [0, 0.05) is 0 Å². The lowest BCUT2D eigenvalue weighted by atomic mass is 9.49. The molecule has 0 heteroatoms. The van der Waals surface area contributed by atoms with Crippen LogP contribution < -0.4 is 0 Å². The summed E-state index contributed by atoms with van der Waals surface area (Å²) >= 11 is 0. The first-order valence-corrected chi connectivity index (χ1v) is 10.0. The van der Waals surface area contributed by atoms with Gasteiger partial charge in [-0.25, -0.2) is 0 Å². The van der Waals surface area contributed by atoms with Crippen LogP contribution in [0, 0.1) is 34.5 Å². The van der Waals surface area contributed by atoms with Crippen LogP contribution in [-0.2, 0) is 0 Å². The minimum absolute atomic E-state index is 0.375. The van der Waals surface area contributed by atoms with Crippen LogP contribution in [0.4, 0.5) is 0 Å². The zero-order valence-corrected chi connectivity index (χ0v) is 17.6. The largest absolute Gasteiger partial charge is 0.0654 e. The van der Waals surface area contributed by atoms with Gasteiger partial charge in [-0.1, -0.05) is 88.5 Å². The van der Waals surface area contributed by atoms with E-state index in [1.165, 1.54) is 38.5 Å². The smallest absolute Gasteiger partial charge is 0.0192 e. The molecule has 0 fully saturated rings. The molecule has 0 amide bonds. The van der Waals surface area contributed by atoms with Crippen LogP contribution in [-0.4, -0.2) is 0 Å². The molecular formula is C22H46. The molecule has 0 radical (unpaired) electrons. The summed E-state index contributed by atoms with van der Waals surface area (Å²) in [5, 5.41) is 0. The van der Waals surface area contributed by atoms with Gasteiger partial charge in [-0.2, -0.15) is 0 Å². The van der Waals surface area contributed by atoms with Crippen molar-refractivity contribution in [3.05, 3.63) is 0 Å². The molecule has 0 N–H and O–H groups in total. The normalized spacial score (nSPS) is 18.5. The maximum atomic E-state index is 2.53. The predicted octanol–water partition coefficient (Wildman–Crippen LogP) is 7.96. The zero-order valence-electron chi connectivity index (χ0n) is 17.6. The van der Waals surface area contributed by atoms with Gasteiger partial charge in [0.05, 0.1) is 0 Å². The monoisotopic (exact) mass is 310 g/mol. The fraction of sp³-hybridized carbons (Fsp3) is 1.00. The Kier molecular flexibility index (Phi) is 9.33. The molecule has 3 unspecified atom stereocenters. The van der Waals surface area contributed by atoms with E-state index in [9.17, 15) is 0 Å². The van der Waals surface area contributed by atoms with E-state index >= 15 is 0 Å². The van der Waals surface area contributed by atoms with Crippen LogP contribution in [0.5, 0.6) is 0 Å². The average molecular weight is 311 g/mol. The topological polar surface area (TPSA) is 0 Å². The molecule has 0 aromatic rings. The highest BCUT2D eigenvalue weighted by atomic mass is 14.5. The first-order chi connectivity index (χ1) is 10.0. The van der Waals surface area contributed by atoms with E-state index in [2.05, 4.69) is 69.2 Å². The second kappa shape index (κ2) is 9.33. The Morgan fingerprint density at radius 1 is 0.818 bits per heavy atom. The standard InChI is InChI=1S/C22H46/c1-11-13-14-20(15-17(3)4)22(16-18(5)6,19(7)12-2)21(8,9)10/h17-20H,11-16H2,1-10H3. The molecule has 3 atom stereocenters. The van der Waals surface area contributed by atoms with Crippen molar-refractivity contribution in [3.63, 3.8) is 0 Å².